The highest BCUT2D eigenvalue weighted by atomic mass is 31.3. The number of para-hydroxylation sites is 4. The first-order chi connectivity index (χ1) is 33.2. The number of hydroxylamine groups is 6. The molecule has 5 aliphatic heterocycles. The van der Waals surface area contributed by atoms with Crippen molar-refractivity contribution < 1.29 is 47.0 Å². The van der Waals surface area contributed by atoms with Gasteiger partial charge in [0.25, 0.3) is 0 Å². The molecule has 17 nitrogen and oxygen atoms in total. The van der Waals surface area contributed by atoms with Crippen LogP contribution in [0.4, 0.5) is 0 Å². The first kappa shape index (κ1) is 45.7. The van der Waals surface area contributed by atoms with E-state index in [-0.39, 0.29) is 23.2 Å². The molecule has 5 heterocycles. The standard InChI is InChI=1S/C50H48N7O10P3/c1-47(2)48(3,4)55(59)45(54(47)58)33-25-29-35(30-26-33)62-68(63-36-31-27-34(28-32-36)46-56(60)49(5,6)50(7,8)57(46)61)51-69(64-41-21-13-9-17-37(41)38-18-10-14-22-42(38)65-69)53-70(52-68)66-43-23-15-11-19-39(43)40-20-12-16-24-44(40)67-70/h9-32H,1-8H3. The molecule has 0 saturated carbocycles. The molecule has 0 amide bonds. The molecule has 0 N–H and O–H groups in total. The molecule has 0 bridgehead atoms. The number of fused-ring (bicyclic) bond motifs is 6. The summed E-state index contributed by atoms with van der Waals surface area (Å²) < 4.78 is 59.4. The molecule has 2 radical (unpaired) electrons. The molecule has 6 aromatic rings. The Bertz CT molecular complexity index is 3100. The number of benzene rings is 6. The zero-order chi connectivity index (χ0) is 49.2. The number of rotatable bonds is 6. The van der Waals surface area contributed by atoms with Crippen LogP contribution in [0.15, 0.2) is 159 Å². The van der Waals surface area contributed by atoms with E-state index in [1.807, 2.05) is 72.8 Å². The molecule has 6 aromatic carbocycles. The third-order valence-electron chi connectivity index (χ3n) is 14.1. The molecule has 70 heavy (non-hydrogen) atoms. The van der Waals surface area contributed by atoms with E-state index in [1.165, 1.54) is 0 Å². The normalized spacial score (nSPS) is 20.8. The molecule has 358 valence electrons. The topological polar surface area (TPSA) is 191 Å². The Morgan fingerprint density at radius 2 is 0.743 bits per heavy atom. The van der Waals surface area contributed by atoms with E-state index in [2.05, 4.69) is 0 Å². The first-order valence-corrected chi connectivity index (χ1v) is 27.1. The van der Waals surface area contributed by atoms with Gasteiger partial charge in [-0.25, -0.2) is 0 Å². The van der Waals surface area contributed by atoms with Crippen molar-refractivity contribution in [3.8, 4) is 56.8 Å². The van der Waals surface area contributed by atoms with E-state index in [9.17, 15) is 20.8 Å². The Balaban J connectivity index is 1.14. The molecule has 11 rings (SSSR count). The molecule has 20 heteroatoms. The molecular formula is C50H48N7O10P3. The van der Waals surface area contributed by atoms with E-state index >= 15 is 0 Å². The predicted octanol–water partition coefficient (Wildman–Crippen LogP) is 13.2. The highest BCUT2D eigenvalue weighted by Gasteiger charge is 2.61. The van der Waals surface area contributed by atoms with Gasteiger partial charge in [-0.15, -0.1) is 0 Å². The predicted molar refractivity (Wildman–Crippen MR) is 265 cm³/mol. The van der Waals surface area contributed by atoms with Crippen LogP contribution in [0.2, 0.25) is 0 Å². The molecule has 0 aromatic heterocycles. The lowest BCUT2D eigenvalue weighted by Gasteiger charge is -2.32. The summed E-state index contributed by atoms with van der Waals surface area (Å²) >= 11 is 0. The van der Waals surface area contributed by atoms with Crippen LogP contribution >= 0.6 is 23.0 Å². The maximum absolute atomic E-state index is 13.7. The van der Waals surface area contributed by atoms with Gasteiger partial charge in [0.15, 0.2) is 11.1 Å². The van der Waals surface area contributed by atoms with E-state index in [0.717, 1.165) is 41.9 Å². The highest BCUT2D eigenvalue weighted by molar-refractivity contribution is 7.79. The maximum atomic E-state index is 13.7. The van der Waals surface area contributed by atoms with Crippen LogP contribution in [-0.2, 0) is 10.4 Å². The lowest BCUT2D eigenvalue weighted by atomic mass is 9.84. The molecule has 0 unspecified atom stereocenters. The second kappa shape index (κ2) is 15.6. The SMILES string of the molecule is CC1(C)N([O])C(c2ccc(OP3(Oc4ccc(C5=[N+]([O-])C(C)(C)C(C)(C)N5[O])cc4)=NP4(=NP5(=N3)Oc3ccccc3-c3ccccc3O5)Oc3ccccc3-c3ccccc3O4)cc2)=[N+]([O-])C1(C)C. The molecule has 2 spiro atoms. The summed E-state index contributed by atoms with van der Waals surface area (Å²) in [5.41, 5.74) is -0.628. The molecule has 5 aliphatic rings. The van der Waals surface area contributed by atoms with Crippen LogP contribution < -0.4 is 27.1 Å². The summed E-state index contributed by atoms with van der Waals surface area (Å²) in [5, 5.41) is 56.4. The smallest absolute Gasteiger partial charge is 0.460 e. The maximum Gasteiger partial charge on any atom is 0.460 e. The fraction of sp³-hybridized carbons (Fsp3) is 0.240. The average molecular weight is 1000 g/mol. The highest BCUT2D eigenvalue weighted by Crippen LogP contribution is 2.80. The van der Waals surface area contributed by atoms with Crippen molar-refractivity contribution in [2.24, 2.45) is 13.5 Å². The van der Waals surface area contributed by atoms with Crippen LogP contribution in [0.25, 0.3) is 22.3 Å². The largest absolute Gasteiger partial charge is 0.714 e. The van der Waals surface area contributed by atoms with Crippen LogP contribution in [0.5, 0.6) is 34.5 Å². The van der Waals surface area contributed by atoms with Crippen molar-refractivity contribution >= 4 is 34.6 Å². The summed E-state index contributed by atoms with van der Waals surface area (Å²) in [7, 11) is -12.7. The van der Waals surface area contributed by atoms with Crippen LogP contribution in [-0.4, -0.2) is 53.4 Å². The number of hydrogen-bond acceptors (Lipinski definition) is 13. The fourth-order valence-electron chi connectivity index (χ4n) is 8.64. The van der Waals surface area contributed by atoms with Crippen LogP contribution in [0.3, 0.4) is 0 Å². The average Bonchev–Trinajstić information content (AvgIpc) is 3.44. The number of hydrogen-bond donors (Lipinski definition) is 0. The molecule has 0 atom stereocenters. The fourth-order valence-corrected chi connectivity index (χ4v) is 17.8. The minimum absolute atomic E-state index is 0.0571. The van der Waals surface area contributed by atoms with Gasteiger partial charge < -0.3 is 37.6 Å². The molecule has 0 fully saturated rings. The number of amidine groups is 2. The second-order valence-corrected chi connectivity index (χ2v) is 25.6. The minimum Gasteiger partial charge on any atom is -0.714 e. The van der Waals surface area contributed by atoms with Crippen molar-refractivity contribution in [1.29, 1.82) is 0 Å². The second-order valence-electron chi connectivity index (χ2n) is 19.4. The summed E-state index contributed by atoms with van der Waals surface area (Å²) in [5.74, 6) is 1.86. The Labute approximate surface area is 405 Å². The van der Waals surface area contributed by atoms with Gasteiger partial charge in [0.05, 0.1) is 11.1 Å². The van der Waals surface area contributed by atoms with Crippen LogP contribution in [0, 0.1) is 10.4 Å². The van der Waals surface area contributed by atoms with E-state index in [0.29, 0.717) is 34.1 Å². The quantitative estimate of drug-likeness (QED) is 0.0881. The Hall–Kier alpha value is -6.73. The Kier molecular flexibility index (Phi) is 10.2. The van der Waals surface area contributed by atoms with E-state index in [1.54, 1.807) is 128 Å². The van der Waals surface area contributed by atoms with E-state index in [4.69, 9.17) is 40.7 Å². The lowest BCUT2D eigenvalue weighted by molar-refractivity contribution is -0.539. The summed E-state index contributed by atoms with van der Waals surface area (Å²) in [6.45, 7) is 13.8. The Morgan fingerprint density at radius 3 is 1.04 bits per heavy atom. The van der Waals surface area contributed by atoms with Gasteiger partial charge in [-0.05, 0) is 128 Å². The van der Waals surface area contributed by atoms with Gasteiger partial charge in [0.1, 0.15) is 45.6 Å². The summed E-state index contributed by atoms with van der Waals surface area (Å²) in [6, 6.07) is 42.5. The van der Waals surface area contributed by atoms with Gasteiger partial charge in [-0.1, -0.05) is 96.5 Å². The molecular weight excluding hydrogens is 952 g/mol. The Morgan fingerprint density at radius 1 is 0.443 bits per heavy atom. The van der Waals surface area contributed by atoms with Crippen molar-refractivity contribution in [3.63, 3.8) is 0 Å². The first-order valence-electron chi connectivity index (χ1n) is 22.5. The van der Waals surface area contributed by atoms with Gasteiger partial charge in [0.2, 0.25) is 0 Å². The molecule has 0 saturated heterocycles. The van der Waals surface area contributed by atoms with Crippen molar-refractivity contribution in [2.75, 3.05) is 0 Å². The third kappa shape index (κ3) is 6.93. The summed E-state index contributed by atoms with van der Waals surface area (Å²) in [6.07, 6.45) is 0. The van der Waals surface area contributed by atoms with Gasteiger partial charge in [-0.3, -0.25) is 9.48 Å². The zero-order valence-electron chi connectivity index (χ0n) is 39.4. The van der Waals surface area contributed by atoms with Gasteiger partial charge in [0, 0.05) is 32.7 Å². The minimum atomic E-state index is -4.35. The van der Waals surface area contributed by atoms with E-state index < -0.39 is 45.1 Å². The third-order valence-corrected chi connectivity index (χ3v) is 22.2. The van der Waals surface area contributed by atoms with Crippen molar-refractivity contribution in [1.82, 2.24) is 10.1 Å². The monoisotopic (exact) mass is 999 g/mol. The van der Waals surface area contributed by atoms with Gasteiger partial charge in [-0.2, -0.15) is 0 Å². The zero-order valence-corrected chi connectivity index (χ0v) is 42.1. The lowest BCUT2D eigenvalue weighted by Crippen LogP contribution is -2.53. The van der Waals surface area contributed by atoms with Crippen LogP contribution in [0.1, 0.15) is 66.5 Å². The summed E-state index contributed by atoms with van der Waals surface area (Å²) in [4.78, 5) is 0. The van der Waals surface area contributed by atoms with Gasteiger partial charge >= 0.3 is 34.6 Å². The molecule has 0 aliphatic carbocycles. The number of nitrogens with zero attached hydrogens (tertiary/aromatic N) is 7. The van der Waals surface area contributed by atoms with Crippen molar-refractivity contribution in [3.05, 3.63) is 167 Å². The van der Waals surface area contributed by atoms with Crippen molar-refractivity contribution in [2.45, 2.75) is 77.5 Å².